The standard InChI is InChI=1S/C13H25NO4S/c1-11-4-3-5-12(10-11)6-8-18-13(15)7-9-19(16,17)14-2/h11-12,14H,3-10H2,1-2H3. The average Bonchev–Trinajstić information content (AvgIpc) is 2.37. The summed E-state index contributed by atoms with van der Waals surface area (Å²) >= 11 is 0. The zero-order valence-electron chi connectivity index (χ0n) is 11.9. The number of sulfonamides is 1. The van der Waals surface area contributed by atoms with Crippen LogP contribution < -0.4 is 4.72 Å². The molecular formula is C13H25NO4S. The molecule has 112 valence electrons. The first-order valence-corrected chi connectivity index (χ1v) is 8.65. The van der Waals surface area contributed by atoms with E-state index >= 15 is 0 Å². The monoisotopic (exact) mass is 291 g/mol. The topological polar surface area (TPSA) is 72.5 Å². The highest BCUT2D eigenvalue weighted by molar-refractivity contribution is 7.89. The third-order valence-electron chi connectivity index (χ3n) is 3.72. The number of hydrogen-bond donors (Lipinski definition) is 1. The first-order chi connectivity index (χ1) is 8.93. The van der Waals surface area contributed by atoms with Crippen molar-refractivity contribution >= 4 is 16.0 Å². The summed E-state index contributed by atoms with van der Waals surface area (Å²) in [5.41, 5.74) is 0. The molecule has 0 aromatic rings. The van der Waals surface area contributed by atoms with E-state index < -0.39 is 16.0 Å². The molecule has 0 spiro atoms. The van der Waals surface area contributed by atoms with Gasteiger partial charge in [-0.1, -0.05) is 26.2 Å². The Kier molecular flexibility index (Phi) is 6.79. The summed E-state index contributed by atoms with van der Waals surface area (Å²) in [5.74, 6) is 0.790. The zero-order chi connectivity index (χ0) is 14.3. The lowest BCUT2D eigenvalue weighted by Gasteiger charge is -2.26. The molecule has 0 saturated heterocycles. The Hall–Kier alpha value is -0.620. The molecule has 0 amide bonds. The molecule has 1 saturated carbocycles. The van der Waals surface area contributed by atoms with Gasteiger partial charge < -0.3 is 4.74 Å². The Morgan fingerprint density at radius 3 is 2.74 bits per heavy atom. The number of hydrogen-bond acceptors (Lipinski definition) is 4. The number of carbonyl (C=O) groups excluding carboxylic acids is 1. The summed E-state index contributed by atoms with van der Waals surface area (Å²) in [6.07, 6.45) is 5.82. The molecule has 0 bridgehead atoms. The van der Waals surface area contributed by atoms with Gasteiger partial charge in [-0.25, -0.2) is 13.1 Å². The number of rotatable bonds is 7. The van der Waals surface area contributed by atoms with E-state index in [1.54, 1.807) is 0 Å². The molecule has 19 heavy (non-hydrogen) atoms. The number of carbonyl (C=O) groups is 1. The van der Waals surface area contributed by atoms with Gasteiger partial charge >= 0.3 is 5.97 Å². The molecule has 0 heterocycles. The second kappa shape index (κ2) is 7.85. The highest BCUT2D eigenvalue weighted by Crippen LogP contribution is 2.30. The summed E-state index contributed by atoms with van der Waals surface area (Å²) in [6, 6.07) is 0. The Bertz CT molecular complexity index is 380. The van der Waals surface area contributed by atoms with Crippen LogP contribution in [-0.4, -0.2) is 33.8 Å². The van der Waals surface area contributed by atoms with Crippen molar-refractivity contribution in [3.63, 3.8) is 0 Å². The maximum atomic E-state index is 11.4. The third kappa shape index (κ3) is 6.92. The van der Waals surface area contributed by atoms with E-state index in [1.807, 2.05) is 0 Å². The predicted molar refractivity (Wildman–Crippen MR) is 74.2 cm³/mol. The van der Waals surface area contributed by atoms with Crippen molar-refractivity contribution < 1.29 is 17.9 Å². The quantitative estimate of drug-likeness (QED) is 0.724. The van der Waals surface area contributed by atoms with Crippen LogP contribution in [0.5, 0.6) is 0 Å². The summed E-state index contributed by atoms with van der Waals surface area (Å²) in [4.78, 5) is 11.4. The average molecular weight is 291 g/mol. The number of esters is 1. The molecule has 0 aliphatic heterocycles. The fourth-order valence-corrected chi connectivity index (χ4v) is 3.19. The van der Waals surface area contributed by atoms with Gasteiger partial charge in [0.25, 0.3) is 0 Å². The van der Waals surface area contributed by atoms with E-state index in [4.69, 9.17) is 4.74 Å². The van der Waals surface area contributed by atoms with Gasteiger partial charge in [0.2, 0.25) is 10.0 Å². The van der Waals surface area contributed by atoms with Crippen LogP contribution in [0, 0.1) is 11.8 Å². The van der Waals surface area contributed by atoms with Crippen molar-refractivity contribution in [2.75, 3.05) is 19.4 Å². The van der Waals surface area contributed by atoms with Gasteiger partial charge in [0.15, 0.2) is 0 Å². The first-order valence-electron chi connectivity index (χ1n) is 7.00. The molecule has 0 aromatic carbocycles. The second-order valence-electron chi connectivity index (χ2n) is 5.42. The Labute approximate surface area is 116 Å². The highest BCUT2D eigenvalue weighted by atomic mass is 32.2. The van der Waals surface area contributed by atoms with Gasteiger partial charge in [-0.05, 0) is 31.7 Å². The summed E-state index contributed by atoms with van der Waals surface area (Å²) in [7, 11) is -1.98. The first kappa shape index (κ1) is 16.4. The molecular weight excluding hydrogens is 266 g/mol. The van der Waals surface area contributed by atoms with Crippen LogP contribution in [0.4, 0.5) is 0 Å². The van der Waals surface area contributed by atoms with Crippen LogP contribution in [0.15, 0.2) is 0 Å². The molecule has 0 radical (unpaired) electrons. The molecule has 5 nitrogen and oxygen atoms in total. The Balaban J connectivity index is 2.13. The lowest BCUT2D eigenvalue weighted by Crippen LogP contribution is -2.24. The van der Waals surface area contributed by atoms with E-state index in [9.17, 15) is 13.2 Å². The fraction of sp³-hybridized carbons (Fsp3) is 0.923. The number of ether oxygens (including phenoxy) is 1. The Morgan fingerprint density at radius 2 is 2.11 bits per heavy atom. The molecule has 2 unspecified atom stereocenters. The van der Waals surface area contributed by atoms with E-state index in [0.717, 1.165) is 12.3 Å². The molecule has 1 rings (SSSR count). The molecule has 0 aromatic heterocycles. The highest BCUT2D eigenvalue weighted by Gasteiger charge is 2.19. The largest absolute Gasteiger partial charge is 0.466 e. The van der Waals surface area contributed by atoms with Gasteiger partial charge in [0.1, 0.15) is 0 Å². The molecule has 1 aliphatic rings. The minimum Gasteiger partial charge on any atom is -0.466 e. The SMILES string of the molecule is CNS(=O)(=O)CCC(=O)OCCC1CCCC(C)C1. The van der Waals surface area contributed by atoms with E-state index in [2.05, 4.69) is 11.6 Å². The van der Waals surface area contributed by atoms with Crippen molar-refractivity contribution in [3.8, 4) is 0 Å². The van der Waals surface area contributed by atoms with Crippen molar-refractivity contribution in [1.29, 1.82) is 0 Å². The molecule has 1 aliphatic carbocycles. The van der Waals surface area contributed by atoms with Crippen LogP contribution in [0.2, 0.25) is 0 Å². The maximum absolute atomic E-state index is 11.4. The van der Waals surface area contributed by atoms with Gasteiger partial charge in [-0.3, -0.25) is 4.79 Å². The molecule has 6 heteroatoms. The van der Waals surface area contributed by atoms with E-state index in [-0.39, 0.29) is 12.2 Å². The fourth-order valence-electron chi connectivity index (χ4n) is 2.55. The minimum atomic E-state index is -3.32. The molecule has 1 N–H and O–H groups in total. The van der Waals surface area contributed by atoms with Crippen LogP contribution in [0.3, 0.4) is 0 Å². The maximum Gasteiger partial charge on any atom is 0.306 e. The molecule has 2 atom stereocenters. The van der Waals surface area contributed by atoms with Crippen LogP contribution in [-0.2, 0) is 19.6 Å². The van der Waals surface area contributed by atoms with Crippen molar-refractivity contribution in [3.05, 3.63) is 0 Å². The van der Waals surface area contributed by atoms with Crippen molar-refractivity contribution in [2.45, 2.75) is 45.4 Å². The van der Waals surface area contributed by atoms with Crippen molar-refractivity contribution in [2.24, 2.45) is 11.8 Å². The van der Waals surface area contributed by atoms with Gasteiger partial charge in [-0.15, -0.1) is 0 Å². The number of nitrogens with one attached hydrogen (secondary N) is 1. The second-order valence-corrected chi connectivity index (χ2v) is 7.47. The van der Waals surface area contributed by atoms with Gasteiger partial charge in [-0.2, -0.15) is 0 Å². The summed E-state index contributed by atoms with van der Waals surface area (Å²) < 4.78 is 29.5. The Morgan fingerprint density at radius 1 is 1.37 bits per heavy atom. The normalized spacial score (nSPS) is 24.1. The van der Waals surface area contributed by atoms with Crippen LogP contribution >= 0.6 is 0 Å². The van der Waals surface area contributed by atoms with E-state index in [0.29, 0.717) is 12.5 Å². The zero-order valence-corrected chi connectivity index (χ0v) is 12.7. The lowest BCUT2D eigenvalue weighted by molar-refractivity contribution is -0.143. The van der Waals surface area contributed by atoms with E-state index in [1.165, 1.54) is 32.7 Å². The molecule has 1 fully saturated rings. The lowest BCUT2D eigenvalue weighted by atomic mass is 9.81. The smallest absolute Gasteiger partial charge is 0.306 e. The van der Waals surface area contributed by atoms with Crippen LogP contribution in [0.25, 0.3) is 0 Å². The summed E-state index contributed by atoms with van der Waals surface area (Å²) in [6.45, 7) is 2.68. The summed E-state index contributed by atoms with van der Waals surface area (Å²) in [5, 5.41) is 0. The minimum absolute atomic E-state index is 0.0791. The van der Waals surface area contributed by atoms with Crippen LogP contribution in [0.1, 0.15) is 45.4 Å². The van der Waals surface area contributed by atoms with Gasteiger partial charge in [0.05, 0.1) is 18.8 Å². The van der Waals surface area contributed by atoms with Gasteiger partial charge in [0, 0.05) is 0 Å². The predicted octanol–water partition coefficient (Wildman–Crippen LogP) is 1.69. The van der Waals surface area contributed by atoms with Crippen molar-refractivity contribution in [1.82, 2.24) is 4.72 Å². The third-order valence-corrected chi connectivity index (χ3v) is 5.08.